The highest BCUT2D eigenvalue weighted by Crippen LogP contribution is 2.49. The Morgan fingerprint density at radius 3 is 1.53 bits per heavy atom. The summed E-state index contributed by atoms with van der Waals surface area (Å²) >= 11 is 0. The van der Waals surface area contributed by atoms with Crippen molar-refractivity contribution in [1.82, 2.24) is 9.13 Å². The molecular weight excluding hydrogens is 735 g/mol. The number of nitrogens with zero attached hydrogens (tertiary/aromatic N) is 2. The van der Waals surface area contributed by atoms with Gasteiger partial charge in [0.05, 0.1) is 32.8 Å². The quantitative estimate of drug-likeness (QED) is 0.168. The molecule has 0 atom stereocenters. The zero-order valence-electron chi connectivity index (χ0n) is 32.1. The van der Waals surface area contributed by atoms with Crippen molar-refractivity contribution in [2.24, 2.45) is 0 Å². The van der Waals surface area contributed by atoms with Crippen LogP contribution in [0.2, 0.25) is 0 Å². The van der Waals surface area contributed by atoms with E-state index in [1.165, 1.54) is 10.8 Å². The summed E-state index contributed by atoms with van der Waals surface area (Å²) in [5, 5.41) is 6.89. The Balaban J connectivity index is 1.03. The summed E-state index contributed by atoms with van der Waals surface area (Å²) in [7, 11) is 0. The van der Waals surface area contributed by atoms with E-state index in [0.29, 0.717) is 0 Å². The highest BCUT2D eigenvalue weighted by Gasteiger charge is 2.40. The van der Waals surface area contributed by atoms with Gasteiger partial charge >= 0.3 is 0 Å². The van der Waals surface area contributed by atoms with Crippen molar-refractivity contribution in [2.45, 2.75) is 0 Å². The first-order chi connectivity index (χ1) is 29.8. The Morgan fingerprint density at radius 1 is 0.383 bits per heavy atom. The molecule has 3 aromatic heterocycles. The van der Waals surface area contributed by atoms with Gasteiger partial charge in [-0.25, -0.2) is 0 Å². The zero-order valence-corrected chi connectivity index (χ0v) is 32.1. The standard InChI is InChI=1S/C54H31BN2O3/c1-2-14-34(15-3-1)56-41-21-9-4-16-36(41)48-52-49(54-50(53(48)56)38-18-6-11-23-43(38)60-54)37-17-5-10-22-42(37)57(52)35-28-26-32(27-29-35)33-30-46-51-47(31-33)59-45-25-13-8-20-40(45)55(51)39-19-7-12-24-44(39)58-46/h1-31H. The molecule has 0 fully saturated rings. The number of ether oxygens (including phenoxy) is 2. The molecule has 5 nitrogen and oxygen atoms in total. The van der Waals surface area contributed by atoms with Crippen LogP contribution in [0.25, 0.3) is 88.1 Å². The van der Waals surface area contributed by atoms with Gasteiger partial charge in [-0.2, -0.15) is 0 Å². The fourth-order valence-corrected chi connectivity index (χ4v) is 10.4. The lowest BCUT2D eigenvalue weighted by atomic mass is 9.35. The van der Waals surface area contributed by atoms with E-state index in [1.54, 1.807) is 0 Å². The Bertz CT molecular complexity index is 3710. The van der Waals surface area contributed by atoms with E-state index in [4.69, 9.17) is 13.9 Å². The summed E-state index contributed by atoms with van der Waals surface area (Å²) in [5.41, 5.74) is 14.0. The second-order valence-corrected chi connectivity index (χ2v) is 15.9. The normalized spacial score (nSPS) is 12.9. The lowest BCUT2D eigenvalue weighted by Gasteiger charge is -2.33. The van der Waals surface area contributed by atoms with Crippen LogP contribution >= 0.6 is 0 Å². The van der Waals surface area contributed by atoms with Crippen molar-refractivity contribution in [3.05, 3.63) is 188 Å². The average Bonchev–Trinajstić information content (AvgIpc) is 3.97. The fraction of sp³-hybridized carbons (Fsp3) is 0. The van der Waals surface area contributed by atoms with Gasteiger partial charge in [-0.1, -0.05) is 121 Å². The Kier molecular flexibility index (Phi) is 6.31. The van der Waals surface area contributed by atoms with Crippen LogP contribution in [-0.4, -0.2) is 15.8 Å². The van der Waals surface area contributed by atoms with Crippen LogP contribution in [0.1, 0.15) is 0 Å². The molecule has 0 amide bonds. The van der Waals surface area contributed by atoms with E-state index < -0.39 is 0 Å². The third kappa shape index (κ3) is 4.21. The van der Waals surface area contributed by atoms with E-state index in [9.17, 15) is 0 Å². The van der Waals surface area contributed by atoms with E-state index >= 15 is 0 Å². The van der Waals surface area contributed by atoms with Crippen molar-refractivity contribution < 1.29 is 13.9 Å². The van der Waals surface area contributed by atoms with E-state index in [-0.39, 0.29) is 6.71 Å². The molecule has 0 aliphatic carbocycles. The highest BCUT2D eigenvalue weighted by molar-refractivity contribution is 6.98. The first-order valence-corrected chi connectivity index (χ1v) is 20.5. The van der Waals surface area contributed by atoms with E-state index in [2.05, 4.69) is 185 Å². The number of para-hydroxylation sites is 6. The molecule has 12 aromatic rings. The van der Waals surface area contributed by atoms with E-state index in [1.807, 2.05) is 12.1 Å². The molecule has 6 heteroatoms. The number of hydrogen-bond donors (Lipinski definition) is 0. The largest absolute Gasteiger partial charge is 0.458 e. The molecule has 2 aliphatic rings. The van der Waals surface area contributed by atoms with Crippen molar-refractivity contribution in [1.29, 1.82) is 0 Å². The average molecular weight is 767 g/mol. The van der Waals surface area contributed by atoms with Crippen LogP contribution in [0.3, 0.4) is 0 Å². The molecule has 0 radical (unpaired) electrons. The van der Waals surface area contributed by atoms with Gasteiger partial charge in [0.1, 0.15) is 34.2 Å². The molecule has 0 N–H and O–H groups in total. The van der Waals surface area contributed by atoms with Gasteiger partial charge in [-0.05, 0) is 88.8 Å². The minimum absolute atomic E-state index is 0.0412. The second-order valence-electron chi connectivity index (χ2n) is 15.9. The molecule has 2 aliphatic heterocycles. The monoisotopic (exact) mass is 766 g/mol. The zero-order chi connectivity index (χ0) is 39.1. The van der Waals surface area contributed by atoms with Gasteiger partial charge in [0.15, 0.2) is 0 Å². The smallest absolute Gasteiger partial charge is 0.260 e. The number of fused-ring (bicyclic) bond motifs is 16. The molecule has 0 bridgehead atoms. The van der Waals surface area contributed by atoms with Crippen LogP contribution in [0.15, 0.2) is 192 Å². The first-order valence-electron chi connectivity index (χ1n) is 20.5. The third-order valence-corrected chi connectivity index (χ3v) is 12.8. The molecule has 60 heavy (non-hydrogen) atoms. The third-order valence-electron chi connectivity index (χ3n) is 12.8. The summed E-state index contributed by atoms with van der Waals surface area (Å²) in [6.07, 6.45) is 0. The van der Waals surface area contributed by atoms with Crippen molar-refractivity contribution in [3.63, 3.8) is 0 Å². The van der Waals surface area contributed by atoms with Gasteiger partial charge in [0.25, 0.3) is 6.71 Å². The molecule has 9 aromatic carbocycles. The summed E-state index contributed by atoms with van der Waals surface area (Å²) in [6.45, 7) is 0.0412. The molecule has 0 spiro atoms. The van der Waals surface area contributed by atoms with Crippen LogP contribution in [0.5, 0.6) is 23.0 Å². The van der Waals surface area contributed by atoms with Crippen LogP contribution in [0.4, 0.5) is 0 Å². The maximum absolute atomic E-state index is 6.97. The number of hydrogen-bond acceptors (Lipinski definition) is 3. The molecular formula is C54H31BN2O3. The Hall–Kier alpha value is -7.96. The van der Waals surface area contributed by atoms with Gasteiger partial charge in [-0.3, -0.25) is 0 Å². The molecule has 278 valence electrons. The number of aromatic nitrogens is 2. The number of benzene rings is 9. The van der Waals surface area contributed by atoms with Crippen LogP contribution in [0, 0.1) is 0 Å². The topological polar surface area (TPSA) is 41.5 Å². The summed E-state index contributed by atoms with van der Waals surface area (Å²) in [5.74, 6) is 3.43. The minimum atomic E-state index is 0.0412. The maximum Gasteiger partial charge on any atom is 0.260 e. The van der Waals surface area contributed by atoms with Gasteiger partial charge in [0, 0.05) is 38.4 Å². The lowest BCUT2D eigenvalue weighted by Crippen LogP contribution is -2.57. The van der Waals surface area contributed by atoms with Crippen LogP contribution < -0.4 is 25.9 Å². The molecule has 14 rings (SSSR count). The Labute approximate surface area is 343 Å². The second kappa shape index (κ2) is 11.8. The van der Waals surface area contributed by atoms with Gasteiger partial charge < -0.3 is 23.0 Å². The van der Waals surface area contributed by atoms with E-state index in [0.717, 1.165) is 117 Å². The summed E-state index contributed by atoms with van der Waals surface area (Å²) in [4.78, 5) is 0. The molecule has 0 saturated heterocycles. The van der Waals surface area contributed by atoms with Gasteiger partial charge in [0.2, 0.25) is 0 Å². The Morgan fingerprint density at radius 2 is 0.883 bits per heavy atom. The number of furan rings is 1. The SMILES string of the molecule is c1ccc(-n2c3ccccc3c3c4c(c5ccccc5n4-c4ccc(-c5cc6c7c(c5)Oc5ccccc5B7c5ccccc5O6)cc4)c4oc5ccccc5c4c32)cc1. The van der Waals surface area contributed by atoms with Crippen molar-refractivity contribution >= 4 is 88.7 Å². The fourth-order valence-electron chi connectivity index (χ4n) is 10.4. The van der Waals surface area contributed by atoms with Crippen molar-refractivity contribution in [2.75, 3.05) is 0 Å². The minimum Gasteiger partial charge on any atom is -0.458 e. The van der Waals surface area contributed by atoms with Crippen molar-refractivity contribution in [3.8, 4) is 45.5 Å². The highest BCUT2D eigenvalue weighted by atomic mass is 16.5. The predicted molar refractivity (Wildman–Crippen MR) is 246 cm³/mol. The number of rotatable bonds is 3. The van der Waals surface area contributed by atoms with Crippen LogP contribution in [-0.2, 0) is 0 Å². The molecule has 0 saturated carbocycles. The van der Waals surface area contributed by atoms with Gasteiger partial charge in [-0.15, -0.1) is 0 Å². The summed E-state index contributed by atoms with van der Waals surface area (Å²) in [6, 6.07) is 66.7. The predicted octanol–water partition coefficient (Wildman–Crippen LogP) is 12.2. The molecule has 5 heterocycles. The maximum atomic E-state index is 6.97. The lowest BCUT2D eigenvalue weighted by molar-refractivity contribution is 0.465. The first kappa shape index (κ1) is 32.1. The molecule has 0 unspecified atom stereocenters. The summed E-state index contributed by atoms with van der Waals surface area (Å²) < 4.78 is 25.1.